The SMILES string of the molecule is CC(C)CC(=O)C1CCC(C(=O)N2CCC(CCC(=O)N3CCN(C)CC3)CC2)CC1. The number of Topliss-reactive ketones (excluding diaryl/α,β-unsaturated/α-hetero) is 1. The maximum atomic E-state index is 13.0. The summed E-state index contributed by atoms with van der Waals surface area (Å²) in [5.74, 6) is 2.27. The molecule has 0 bridgehead atoms. The summed E-state index contributed by atoms with van der Waals surface area (Å²) >= 11 is 0. The van der Waals surface area contributed by atoms with Crippen LogP contribution in [-0.4, -0.2) is 78.6 Å². The minimum absolute atomic E-state index is 0.110. The molecular formula is C25H43N3O3. The maximum absolute atomic E-state index is 13.0. The van der Waals surface area contributed by atoms with E-state index in [9.17, 15) is 14.4 Å². The Morgan fingerprint density at radius 3 is 1.94 bits per heavy atom. The molecule has 0 aromatic rings. The van der Waals surface area contributed by atoms with Gasteiger partial charge in [0.2, 0.25) is 11.8 Å². The quantitative estimate of drug-likeness (QED) is 0.619. The number of rotatable bonds is 7. The Bertz CT molecular complexity index is 612. The van der Waals surface area contributed by atoms with E-state index >= 15 is 0 Å². The van der Waals surface area contributed by atoms with E-state index in [1.54, 1.807) is 0 Å². The van der Waals surface area contributed by atoms with Gasteiger partial charge in [-0.3, -0.25) is 14.4 Å². The monoisotopic (exact) mass is 433 g/mol. The Labute approximate surface area is 188 Å². The van der Waals surface area contributed by atoms with E-state index in [4.69, 9.17) is 0 Å². The van der Waals surface area contributed by atoms with Crippen molar-refractivity contribution in [3.05, 3.63) is 0 Å². The molecule has 2 heterocycles. The predicted molar refractivity (Wildman–Crippen MR) is 123 cm³/mol. The van der Waals surface area contributed by atoms with Crippen LogP contribution < -0.4 is 0 Å². The number of ketones is 1. The van der Waals surface area contributed by atoms with E-state index in [0.717, 1.165) is 84.2 Å². The number of carbonyl (C=O) groups is 3. The first-order valence-electron chi connectivity index (χ1n) is 12.6. The van der Waals surface area contributed by atoms with Crippen molar-refractivity contribution in [2.24, 2.45) is 23.7 Å². The second kappa shape index (κ2) is 11.4. The van der Waals surface area contributed by atoms with Crippen molar-refractivity contribution < 1.29 is 14.4 Å². The van der Waals surface area contributed by atoms with Gasteiger partial charge in [0.1, 0.15) is 5.78 Å². The molecule has 0 N–H and O–H groups in total. The molecule has 31 heavy (non-hydrogen) atoms. The highest BCUT2D eigenvalue weighted by Gasteiger charge is 2.33. The summed E-state index contributed by atoms with van der Waals surface area (Å²) in [7, 11) is 2.11. The summed E-state index contributed by atoms with van der Waals surface area (Å²) in [6.45, 7) is 9.51. The highest BCUT2D eigenvalue weighted by molar-refractivity contribution is 5.82. The summed E-state index contributed by atoms with van der Waals surface area (Å²) in [5.41, 5.74) is 0. The smallest absolute Gasteiger partial charge is 0.225 e. The second-order valence-electron chi connectivity index (χ2n) is 10.6. The molecule has 1 saturated carbocycles. The molecule has 6 heteroatoms. The van der Waals surface area contributed by atoms with Gasteiger partial charge in [-0.1, -0.05) is 13.8 Å². The lowest BCUT2D eigenvalue weighted by atomic mass is 9.78. The fourth-order valence-corrected chi connectivity index (χ4v) is 5.47. The number of nitrogens with zero attached hydrogens (tertiary/aromatic N) is 3. The molecule has 0 unspecified atom stereocenters. The van der Waals surface area contributed by atoms with E-state index in [1.807, 2.05) is 4.90 Å². The van der Waals surface area contributed by atoms with E-state index in [0.29, 0.717) is 42.3 Å². The van der Waals surface area contributed by atoms with Gasteiger partial charge in [-0.2, -0.15) is 0 Å². The summed E-state index contributed by atoms with van der Waals surface area (Å²) in [4.78, 5) is 44.1. The Hall–Kier alpha value is -1.43. The van der Waals surface area contributed by atoms with Crippen molar-refractivity contribution in [3.8, 4) is 0 Å². The summed E-state index contributed by atoms with van der Waals surface area (Å²) < 4.78 is 0. The van der Waals surface area contributed by atoms with Gasteiger partial charge in [0.05, 0.1) is 0 Å². The summed E-state index contributed by atoms with van der Waals surface area (Å²) in [5, 5.41) is 0. The molecule has 176 valence electrons. The molecule has 0 atom stereocenters. The third kappa shape index (κ3) is 7.03. The van der Waals surface area contributed by atoms with Crippen LogP contribution in [0.4, 0.5) is 0 Å². The van der Waals surface area contributed by atoms with Gasteiger partial charge in [-0.15, -0.1) is 0 Å². The zero-order valence-electron chi connectivity index (χ0n) is 20.0. The normalized spacial score (nSPS) is 26.3. The van der Waals surface area contributed by atoms with Gasteiger partial charge in [0.15, 0.2) is 0 Å². The van der Waals surface area contributed by atoms with Gasteiger partial charge in [0.25, 0.3) is 0 Å². The van der Waals surface area contributed by atoms with Crippen molar-refractivity contribution >= 4 is 17.6 Å². The van der Waals surface area contributed by atoms with Crippen LogP contribution in [0.25, 0.3) is 0 Å². The molecule has 1 aliphatic carbocycles. The Balaban J connectivity index is 1.33. The standard InChI is InChI=1S/C25H43N3O3/c1-19(2)18-23(29)21-5-7-22(8-6-21)25(31)28-12-10-20(11-13-28)4-9-24(30)27-16-14-26(3)15-17-27/h19-22H,4-18H2,1-3H3. The average molecular weight is 434 g/mol. The Morgan fingerprint density at radius 1 is 0.774 bits per heavy atom. The number of piperazine rings is 1. The minimum atomic E-state index is 0.110. The molecule has 0 radical (unpaired) electrons. The number of likely N-dealkylation sites (tertiary alicyclic amines) is 1. The average Bonchev–Trinajstić information content (AvgIpc) is 2.77. The molecule has 6 nitrogen and oxygen atoms in total. The molecule has 0 spiro atoms. The Kier molecular flexibility index (Phi) is 8.94. The van der Waals surface area contributed by atoms with Crippen LogP contribution in [0, 0.1) is 23.7 Å². The van der Waals surface area contributed by atoms with Crippen molar-refractivity contribution in [1.82, 2.24) is 14.7 Å². The highest BCUT2D eigenvalue weighted by Crippen LogP contribution is 2.33. The van der Waals surface area contributed by atoms with Gasteiger partial charge < -0.3 is 14.7 Å². The third-order valence-corrected chi connectivity index (χ3v) is 7.69. The number of piperidine rings is 1. The largest absolute Gasteiger partial charge is 0.342 e. The van der Waals surface area contributed by atoms with Crippen molar-refractivity contribution in [1.29, 1.82) is 0 Å². The van der Waals surface area contributed by atoms with Crippen LogP contribution in [-0.2, 0) is 14.4 Å². The molecule has 2 amide bonds. The summed E-state index contributed by atoms with van der Waals surface area (Å²) in [6, 6.07) is 0. The van der Waals surface area contributed by atoms with Crippen LogP contribution >= 0.6 is 0 Å². The first kappa shape index (κ1) is 24.2. The first-order chi connectivity index (χ1) is 14.8. The predicted octanol–water partition coefficient (Wildman–Crippen LogP) is 3.20. The van der Waals surface area contributed by atoms with E-state index in [1.165, 1.54) is 0 Å². The Morgan fingerprint density at radius 2 is 1.35 bits per heavy atom. The van der Waals surface area contributed by atoms with E-state index in [-0.39, 0.29) is 11.8 Å². The maximum Gasteiger partial charge on any atom is 0.225 e. The number of hydrogen-bond donors (Lipinski definition) is 0. The van der Waals surface area contributed by atoms with Gasteiger partial charge >= 0.3 is 0 Å². The van der Waals surface area contributed by atoms with Crippen LogP contribution in [0.15, 0.2) is 0 Å². The lowest BCUT2D eigenvalue weighted by molar-refractivity contribution is -0.140. The first-order valence-corrected chi connectivity index (χ1v) is 12.6. The van der Waals surface area contributed by atoms with Gasteiger partial charge in [0, 0.05) is 63.9 Å². The number of carbonyl (C=O) groups excluding carboxylic acids is 3. The van der Waals surface area contributed by atoms with Crippen molar-refractivity contribution in [2.75, 3.05) is 46.3 Å². The summed E-state index contributed by atoms with van der Waals surface area (Å²) in [6.07, 6.45) is 7.81. The molecule has 3 fully saturated rings. The number of amides is 2. The van der Waals surface area contributed by atoms with E-state index < -0.39 is 0 Å². The fourth-order valence-electron chi connectivity index (χ4n) is 5.47. The lowest BCUT2D eigenvalue weighted by Gasteiger charge is -2.36. The fraction of sp³-hybridized carbons (Fsp3) is 0.880. The molecule has 3 aliphatic rings. The third-order valence-electron chi connectivity index (χ3n) is 7.69. The minimum Gasteiger partial charge on any atom is -0.342 e. The second-order valence-corrected chi connectivity index (χ2v) is 10.6. The number of hydrogen-bond acceptors (Lipinski definition) is 4. The van der Waals surface area contributed by atoms with Crippen molar-refractivity contribution in [3.63, 3.8) is 0 Å². The topological polar surface area (TPSA) is 60.9 Å². The van der Waals surface area contributed by atoms with Gasteiger partial charge in [-0.05, 0) is 63.8 Å². The molecule has 2 aliphatic heterocycles. The van der Waals surface area contributed by atoms with Gasteiger partial charge in [-0.25, -0.2) is 0 Å². The van der Waals surface area contributed by atoms with Crippen LogP contribution in [0.3, 0.4) is 0 Å². The molecule has 0 aromatic heterocycles. The van der Waals surface area contributed by atoms with Crippen LogP contribution in [0.1, 0.15) is 71.6 Å². The van der Waals surface area contributed by atoms with Crippen LogP contribution in [0.5, 0.6) is 0 Å². The molecular weight excluding hydrogens is 390 g/mol. The lowest BCUT2D eigenvalue weighted by Crippen LogP contribution is -2.47. The zero-order chi connectivity index (χ0) is 22.4. The highest BCUT2D eigenvalue weighted by atomic mass is 16.2. The van der Waals surface area contributed by atoms with Crippen LogP contribution in [0.2, 0.25) is 0 Å². The molecule has 0 aromatic carbocycles. The number of likely N-dealkylation sites (N-methyl/N-ethyl adjacent to an activating group) is 1. The zero-order valence-corrected chi connectivity index (χ0v) is 20.0. The van der Waals surface area contributed by atoms with E-state index in [2.05, 4.69) is 30.7 Å². The van der Waals surface area contributed by atoms with Crippen molar-refractivity contribution in [2.45, 2.75) is 71.6 Å². The molecule has 2 saturated heterocycles. The molecule has 3 rings (SSSR count).